The monoisotopic (exact) mass is 256 g/mol. The van der Waals surface area contributed by atoms with Gasteiger partial charge in [-0.1, -0.05) is 30.7 Å². The van der Waals surface area contributed by atoms with Crippen LogP contribution in [-0.4, -0.2) is 34.2 Å². The number of para-hydroxylation sites is 1. The van der Waals surface area contributed by atoms with Gasteiger partial charge in [-0.25, -0.2) is 0 Å². The SMILES string of the molecule is OCCN(Cc1cccc2cccnc12)C1CCC1. The van der Waals surface area contributed by atoms with Crippen LogP contribution in [0.15, 0.2) is 36.5 Å². The fourth-order valence-corrected chi connectivity index (χ4v) is 2.78. The summed E-state index contributed by atoms with van der Waals surface area (Å²) in [7, 11) is 0. The van der Waals surface area contributed by atoms with E-state index in [1.165, 1.54) is 30.2 Å². The Morgan fingerprint density at radius 1 is 1.21 bits per heavy atom. The van der Waals surface area contributed by atoms with E-state index in [9.17, 15) is 5.11 Å². The summed E-state index contributed by atoms with van der Waals surface area (Å²) in [5.41, 5.74) is 2.35. The minimum absolute atomic E-state index is 0.231. The fourth-order valence-electron chi connectivity index (χ4n) is 2.78. The molecule has 1 saturated carbocycles. The van der Waals surface area contributed by atoms with Gasteiger partial charge in [0.2, 0.25) is 0 Å². The molecule has 0 spiro atoms. The van der Waals surface area contributed by atoms with Crippen molar-refractivity contribution in [2.45, 2.75) is 31.8 Å². The highest BCUT2D eigenvalue weighted by molar-refractivity contribution is 5.81. The van der Waals surface area contributed by atoms with E-state index in [4.69, 9.17) is 0 Å². The van der Waals surface area contributed by atoms with Crippen LogP contribution in [0.3, 0.4) is 0 Å². The average molecular weight is 256 g/mol. The molecule has 3 rings (SSSR count). The van der Waals surface area contributed by atoms with E-state index >= 15 is 0 Å². The molecular formula is C16H20N2O. The molecule has 0 bridgehead atoms. The van der Waals surface area contributed by atoms with Crippen LogP contribution in [0, 0.1) is 0 Å². The third-order valence-electron chi connectivity index (χ3n) is 4.07. The van der Waals surface area contributed by atoms with E-state index in [0.717, 1.165) is 18.6 Å². The van der Waals surface area contributed by atoms with Crippen molar-refractivity contribution in [3.63, 3.8) is 0 Å². The van der Waals surface area contributed by atoms with Gasteiger partial charge in [0.05, 0.1) is 12.1 Å². The van der Waals surface area contributed by atoms with Gasteiger partial charge in [0.1, 0.15) is 0 Å². The molecule has 2 aromatic rings. The van der Waals surface area contributed by atoms with Crippen LogP contribution in [0.4, 0.5) is 0 Å². The van der Waals surface area contributed by atoms with Gasteiger partial charge in [0.15, 0.2) is 0 Å². The standard InChI is InChI=1S/C16H20N2O/c19-11-10-18(15-7-2-8-15)12-14-5-1-4-13-6-3-9-17-16(13)14/h1,3-6,9,15,19H,2,7-8,10-12H2. The van der Waals surface area contributed by atoms with Gasteiger partial charge in [-0.15, -0.1) is 0 Å². The third kappa shape index (κ3) is 2.62. The normalized spacial score (nSPS) is 15.9. The van der Waals surface area contributed by atoms with Crippen LogP contribution < -0.4 is 0 Å². The molecule has 0 unspecified atom stereocenters. The van der Waals surface area contributed by atoms with Crippen molar-refractivity contribution in [2.24, 2.45) is 0 Å². The highest BCUT2D eigenvalue weighted by atomic mass is 16.3. The molecular weight excluding hydrogens is 236 g/mol. The van der Waals surface area contributed by atoms with Crippen LogP contribution >= 0.6 is 0 Å². The minimum Gasteiger partial charge on any atom is -0.395 e. The molecule has 1 N–H and O–H groups in total. The lowest BCUT2D eigenvalue weighted by Gasteiger charge is -2.37. The summed E-state index contributed by atoms with van der Waals surface area (Å²) >= 11 is 0. The molecule has 3 nitrogen and oxygen atoms in total. The largest absolute Gasteiger partial charge is 0.395 e. The second-order valence-electron chi connectivity index (χ2n) is 5.27. The van der Waals surface area contributed by atoms with E-state index in [2.05, 4.69) is 34.1 Å². The Kier molecular flexibility index (Phi) is 3.76. The number of hydrogen-bond donors (Lipinski definition) is 1. The first-order valence-electron chi connectivity index (χ1n) is 7.06. The van der Waals surface area contributed by atoms with E-state index < -0.39 is 0 Å². The summed E-state index contributed by atoms with van der Waals surface area (Å²) in [5, 5.41) is 10.4. The van der Waals surface area contributed by atoms with Crippen molar-refractivity contribution < 1.29 is 5.11 Å². The average Bonchev–Trinajstić information content (AvgIpc) is 2.37. The lowest BCUT2D eigenvalue weighted by atomic mass is 9.91. The number of aromatic nitrogens is 1. The fraction of sp³-hybridized carbons (Fsp3) is 0.438. The molecule has 1 fully saturated rings. The Hall–Kier alpha value is -1.45. The van der Waals surface area contributed by atoms with E-state index in [-0.39, 0.29) is 6.61 Å². The first-order valence-corrected chi connectivity index (χ1v) is 7.06. The van der Waals surface area contributed by atoms with Gasteiger partial charge in [0, 0.05) is 30.7 Å². The van der Waals surface area contributed by atoms with Crippen LogP contribution in [0.1, 0.15) is 24.8 Å². The predicted molar refractivity (Wildman–Crippen MR) is 76.9 cm³/mol. The summed E-state index contributed by atoms with van der Waals surface area (Å²) in [6.07, 6.45) is 5.70. The summed E-state index contributed by atoms with van der Waals surface area (Å²) in [4.78, 5) is 6.90. The van der Waals surface area contributed by atoms with Gasteiger partial charge in [-0.2, -0.15) is 0 Å². The first-order chi connectivity index (χ1) is 9.38. The second kappa shape index (κ2) is 5.68. The van der Waals surface area contributed by atoms with Gasteiger partial charge >= 0.3 is 0 Å². The Balaban J connectivity index is 1.86. The van der Waals surface area contributed by atoms with E-state index in [1.54, 1.807) is 0 Å². The molecule has 1 heterocycles. The topological polar surface area (TPSA) is 36.4 Å². The Labute approximate surface area is 113 Å². The van der Waals surface area contributed by atoms with Crippen LogP contribution in [0.25, 0.3) is 10.9 Å². The molecule has 0 radical (unpaired) electrons. The maximum atomic E-state index is 9.24. The third-order valence-corrected chi connectivity index (χ3v) is 4.07. The number of nitrogens with zero attached hydrogens (tertiary/aromatic N) is 2. The Morgan fingerprint density at radius 3 is 2.79 bits per heavy atom. The van der Waals surface area contributed by atoms with Gasteiger partial charge in [0.25, 0.3) is 0 Å². The van der Waals surface area contributed by atoms with Crippen molar-refractivity contribution >= 4 is 10.9 Å². The number of aliphatic hydroxyl groups excluding tert-OH is 1. The smallest absolute Gasteiger partial charge is 0.0746 e. The summed E-state index contributed by atoms with van der Waals surface area (Å²) in [5.74, 6) is 0. The molecule has 3 heteroatoms. The van der Waals surface area contributed by atoms with Gasteiger partial charge in [-0.3, -0.25) is 9.88 Å². The van der Waals surface area contributed by atoms with Crippen LogP contribution in [0.5, 0.6) is 0 Å². The van der Waals surface area contributed by atoms with Crippen molar-refractivity contribution in [1.29, 1.82) is 0 Å². The highest BCUT2D eigenvalue weighted by Gasteiger charge is 2.24. The van der Waals surface area contributed by atoms with Crippen molar-refractivity contribution in [2.75, 3.05) is 13.2 Å². The highest BCUT2D eigenvalue weighted by Crippen LogP contribution is 2.27. The number of rotatable bonds is 5. The summed E-state index contributed by atoms with van der Waals surface area (Å²) in [6, 6.07) is 11.1. The first kappa shape index (κ1) is 12.6. The molecule has 0 atom stereocenters. The zero-order chi connectivity index (χ0) is 13.1. The van der Waals surface area contributed by atoms with Crippen molar-refractivity contribution in [1.82, 2.24) is 9.88 Å². The van der Waals surface area contributed by atoms with E-state index in [1.807, 2.05) is 12.3 Å². The summed E-state index contributed by atoms with van der Waals surface area (Å²) < 4.78 is 0. The maximum absolute atomic E-state index is 9.24. The molecule has 0 aliphatic heterocycles. The molecule has 100 valence electrons. The number of aliphatic hydroxyl groups is 1. The summed E-state index contributed by atoms with van der Waals surface area (Å²) in [6.45, 7) is 1.88. The predicted octanol–water partition coefficient (Wildman–Crippen LogP) is 2.58. The second-order valence-corrected chi connectivity index (χ2v) is 5.27. The lowest BCUT2D eigenvalue weighted by molar-refractivity contribution is 0.0949. The zero-order valence-corrected chi connectivity index (χ0v) is 11.1. The number of hydrogen-bond acceptors (Lipinski definition) is 3. The number of pyridine rings is 1. The van der Waals surface area contributed by atoms with Gasteiger partial charge in [-0.05, 0) is 24.5 Å². The van der Waals surface area contributed by atoms with Crippen molar-refractivity contribution in [3.8, 4) is 0 Å². The molecule has 19 heavy (non-hydrogen) atoms. The molecule has 1 aliphatic rings. The number of benzene rings is 1. The van der Waals surface area contributed by atoms with Crippen LogP contribution in [-0.2, 0) is 6.54 Å². The Bertz CT molecular complexity index is 546. The maximum Gasteiger partial charge on any atom is 0.0746 e. The molecule has 1 aromatic carbocycles. The number of fused-ring (bicyclic) bond motifs is 1. The quantitative estimate of drug-likeness (QED) is 0.893. The minimum atomic E-state index is 0.231. The molecule has 0 saturated heterocycles. The van der Waals surface area contributed by atoms with E-state index in [0.29, 0.717) is 6.04 Å². The zero-order valence-electron chi connectivity index (χ0n) is 11.1. The van der Waals surface area contributed by atoms with Crippen molar-refractivity contribution in [3.05, 3.63) is 42.1 Å². The molecule has 1 aliphatic carbocycles. The molecule has 0 amide bonds. The van der Waals surface area contributed by atoms with Crippen LogP contribution in [0.2, 0.25) is 0 Å². The molecule has 1 aromatic heterocycles. The lowest BCUT2D eigenvalue weighted by Crippen LogP contribution is -2.41. The Morgan fingerprint density at radius 2 is 2.05 bits per heavy atom. The van der Waals surface area contributed by atoms with Gasteiger partial charge < -0.3 is 5.11 Å².